The second kappa shape index (κ2) is 9.31. The molecule has 0 aliphatic rings. The van der Waals surface area contributed by atoms with Gasteiger partial charge in [0.25, 0.3) is 11.5 Å². The quantitative estimate of drug-likeness (QED) is 0.415. The molecular formula is C24H23N7O2. The van der Waals surface area contributed by atoms with Crippen LogP contribution in [0.2, 0.25) is 0 Å². The van der Waals surface area contributed by atoms with Crippen LogP contribution in [0.3, 0.4) is 0 Å². The standard InChI is InChI=1S/C24H23N7O2/c1-15-10-11-25-20(13-15)30-22-14-21(26-16(2)27-22)28-17-6-8-18(9-7-17)29-23(32)19-5-4-12-31(3)24(19)33/h4-14H,1-3H3,(H,29,32)(H2,25,26,27,28,30). The van der Waals surface area contributed by atoms with Gasteiger partial charge >= 0.3 is 0 Å². The minimum atomic E-state index is -0.455. The van der Waals surface area contributed by atoms with Crippen molar-refractivity contribution < 1.29 is 4.79 Å². The van der Waals surface area contributed by atoms with Gasteiger partial charge < -0.3 is 20.5 Å². The number of nitrogens with one attached hydrogen (secondary N) is 3. The minimum absolute atomic E-state index is 0.0850. The van der Waals surface area contributed by atoms with Crippen LogP contribution in [0.1, 0.15) is 21.7 Å². The molecule has 0 saturated heterocycles. The van der Waals surface area contributed by atoms with Crippen molar-refractivity contribution in [3.05, 3.63) is 94.3 Å². The number of aryl methyl sites for hydroxylation is 3. The molecule has 0 unspecified atom stereocenters. The van der Waals surface area contributed by atoms with Gasteiger partial charge in [-0.2, -0.15) is 0 Å². The van der Waals surface area contributed by atoms with E-state index in [2.05, 4.69) is 30.9 Å². The van der Waals surface area contributed by atoms with Crippen molar-refractivity contribution in [2.75, 3.05) is 16.0 Å². The predicted octanol–water partition coefficient (Wildman–Crippen LogP) is 3.93. The van der Waals surface area contributed by atoms with Crippen molar-refractivity contribution in [3.63, 3.8) is 0 Å². The molecule has 0 bridgehead atoms. The van der Waals surface area contributed by atoms with Crippen LogP contribution in [-0.2, 0) is 7.05 Å². The van der Waals surface area contributed by atoms with Crippen molar-refractivity contribution in [2.24, 2.45) is 7.05 Å². The van der Waals surface area contributed by atoms with Gasteiger partial charge in [0, 0.05) is 36.9 Å². The Morgan fingerprint density at radius 1 is 0.879 bits per heavy atom. The molecule has 0 saturated carbocycles. The Morgan fingerprint density at radius 3 is 2.30 bits per heavy atom. The Labute approximate surface area is 190 Å². The average molecular weight is 441 g/mol. The third-order valence-corrected chi connectivity index (χ3v) is 4.79. The number of benzene rings is 1. The zero-order valence-electron chi connectivity index (χ0n) is 18.5. The molecule has 3 N–H and O–H groups in total. The van der Waals surface area contributed by atoms with Gasteiger partial charge in [0.05, 0.1) is 0 Å². The Bertz CT molecular complexity index is 1360. The van der Waals surface area contributed by atoms with Gasteiger partial charge in [-0.3, -0.25) is 9.59 Å². The first-order valence-electron chi connectivity index (χ1n) is 10.3. The summed E-state index contributed by atoms with van der Waals surface area (Å²) in [7, 11) is 1.60. The number of pyridine rings is 2. The molecule has 1 amide bonds. The van der Waals surface area contributed by atoms with Crippen LogP contribution in [-0.4, -0.2) is 25.4 Å². The van der Waals surface area contributed by atoms with E-state index in [1.165, 1.54) is 10.6 Å². The summed E-state index contributed by atoms with van der Waals surface area (Å²) in [6.07, 6.45) is 3.34. The Hall–Kier alpha value is -4.53. The lowest BCUT2D eigenvalue weighted by atomic mass is 10.2. The number of anilines is 5. The van der Waals surface area contributed by atoms with Crippen molar-refractivity contribution in [1.82, 2.24) is 19.5 Å². The van der Waals surface area contributed by atoms with E-state index in [4.69, 9.17) is 0 Å². The normalized spacial score (nSPS) is 10.5. The maximum atomic E-state index is 12.4. The fourth-order valence-corrected chi connectivity index (χ4v) is 3.18. The highest BCUT2D eigenvalue weighted by molar-refractivity contribution is 6.04. The highest BCUT2D eigenvalue weighted by Gasteiger charge is 2.11. The topological polar surface area (TPSA) is 114 Å². The van der Waals surface area contributed by atoms with E-state index in [1.54, 1.807) is 43.7 Å². The maximum absolute atomic E-state index is 12.4. The highest BCUT2D eigenvalue weighted by Crippen LogP contribution is 2.21. The summed E-state index contributed by atoms with van der Waals surface area (Å²) in [6.45, 7) is 3.81. The van der Waals surface area contributed by atoms with Gasteiger partial charge in [-0.25, -0.2) is 15.0 Å². The molecule has 0 spiro atoms. The largest absolute Gasteiger partial charge is 0.340 e. The summed E-state index contributed by atoms with van der Waals surface area (Å²) in [6, 6.07) is 15.9. The van der Waals surface area contributed by atoms with Crippen LogP contribution in [0.4, 0.5) is 28.8 Å². The average Bonchev–Trinajstić information content (AvgIpc) is 2.76. The van der Waals surface area contributed by atoms with Gasteiger partial charge in [-0.05, 0) is 67.9 Å². The van der Waals surface area contributed by atoms with E-state index in [0.29, 0.717) is 29.0 Å². The number of aromatic nitrogens is 4. The number of carbonyl (C=O) groups is 1. The fraction of sp³-hybridized carbons (Fsp3) is 0.125. The molecule has 0 aliphatic carbocycles. The fourth-order valence-electron chi connectivity index (χ4n) is 3.18. The van der Waals surface area contributed by atoms with Crippen LogP contribution >= 0.6 is 0 Å². The summed E-state index contributed by atoms with van der Waals surface area (Å²) in [5.41, 5.74) is 2.18. The first-order chi connectivity index (χ1) is 15.9. The number of amides is 1. The molecule has 166 valence electrons. The third-order valence-electron chi connectivity index (χ3n) is 4.79. The molecular weight excluding hydrogens is 418 g/mol. The lowest BCUT2D eigenvalue weighted by Crippen LogP contribution is -2.26. The smallest absolute Gasteiger partial charge is 0.263 e. The summed E-state index contributed by atoms with van der Waals surface area (Å²) >= 11 is 0. The summed E-state index contributed by atoms with van der Waals surface area (Å²) in [4.78, 5) is 37.7. The Morgan fingerprint density at radius 2 is 1.58 bits per heavy atom. The zero-order chi connectivity index (χ0) is 23.4. The van der Waals surface area contributed by atoms with Gasteiger partial charge in [0.15, 0.2) is 0 Å². The van der Waals surface area contributed by atoms with Gasteiger partial charge in [-0.1, -0.05) is 0 Å². The van der Waals surface area contributed by atoms with Crippen LogP contribution in [0.25, 0.3) is 0 Å². The summed E-state index contributed by atoms with van der Waals surface area (Å²) in [5.74, 6) is 2.08. The van der Waals surface area contributed by atoms with Crippen molar-refractivity contribution in [1.29, 1.82) is 0 Å². The molecule has 4 aromatic rings. The number of hydrogen-bond acceptors (Lipinski definition) is 7. The van der Waals surface area contributed by atoms with Gasteiger partial charge in [0.2, 0.25) is 0 Å². The van der Waals surface area contributed by atoms with E-state index in [0.717, 1.165) is 11.3 Å². The minimum Gasteiger partial charge on any atom is -0.340 e. The Kier molecular flexibility index (Phi) is 6.12. The number of carbonyl (C=O) groups excluding carboxylic acids is 1. The molecule has 3 heterocycles. The summed E-state index contributed by atoms with van der Waals surface area (Å²) < 4.78 is 1.36. The van der Waals surface area contributed by atoms with E-state index < -0.39 is 5.91 Å². The second-order valence-corrected chi connectivity index (χ2v) is 7.52. The van der Waals surface area contributed by atoms with Crippen LogP contribution in [0.15, 0.2) is 71.8 Å². The van der Waals surface area contributed by atoms with Gasteiger partial charge in [-0.15, -0.1) is 0 Å². The van der Waals surface area contributed by atoms with Crippen molar-refractivity contribution >= 4 is 34.7 Å². The van der Waals surface area contributed by atoms with Crippen LogP contribution in [0.5, 0.6) is 0 Å². The van der Waals surface area contributed by atoms with E-state index in [-0.39, 0.29) is 11.1 Å². The van der Waals surface area contributed by atoms with Crippen molar-refractivity contribution in [2.45, 2.75) is 13.8 Å². The zero-order valence-corrected chi connectivity index (χ0v) is 18.5. The molecule has 33 heavy (non-hydrogen) atoms. The molecule has 0 fully saturated rings. The van der Waals surface area contributed by atoms with Crippen molar-refractivity contribution in [3.8, 4) is 0 Å². The first kappa shape index (κ1) is 21.7. The summed E-state index contributed by atoms with van der Waals surface area (Å²) in [5, 5.41) is 9.17. The molecule has 9 nitrogen and oxygen atoms in total. The monoisotopic (exact) mass is 441 g/mol. The van der Waals surface area contributed by atoms with E-state index in [1.807, 2.05) is 38.1 Å². The SMILES string of the molecule is Cc1ccnc(Nc2cc(Nc3ccc(NC(=O)c4cccn(C)c4=O)cc3)nc(C)n2)c1. The molecule has 9 heteroatoms. The predicted molar refractivity (Wildman–Crippen MR) is 128 cm³/mol. The highest BCUT2D eigenvalue weighted by atomic mass is 16.2. The maximum Gasteiger partial charge on any atom is 0.263 e. The second-order valence-electron chi connectivity index (χ2n) is 7.52. The lowest BCUT2D eigenvalue weighted by Gasteiger charge is -2.11. The molecule has 3 aromatic heterocycles. The number of rotatable bonds is 6. The van der Waals surface area contributed by atoms with Gasteiger partial charge in [0.1, 0.15) is 28.8 Å². The Balaban J connectivity index is 1.45. The number of nitrogens with zero attached hydrogens (tertiary/aromatic N) is 4. The van der Waals surface area contributed by atoms with E-state index >= 15 is 0 Å². The molecule has 4 rings (SSSR count). The molecule has 0 atom stereocenters. The van der Waals surface area contributed by atoms with Crippen LogP contribution < -0.4 is 21.5 Å². The van der Waals surface area contributed by atoms with E-state index in [9.17, 15) is 9.59 Å². The number of hydrogen-bond donors (Lipinski definition) is 3. The molecule has 0 aliphatic heterocycles. The lowest BCUT2D eigenvalue weighted by molar-refractivity contribution is 0.102. The molecule has 0 radical (unpaired) electrons. The third kappa shape index (κ3) is 5.40. The molecule has 1 aromatic carbocycles. The first-order valence-corrected chi connectivity index (χ1v) is 10.3. The van der Waals surface area contributed by atoms with Crippen LogP contribution in [0, 0.1) is 13.8 Å².